The summed E-state index contributed by atoms with van der Waals surface area (Å²) in [4.78, 5) is 11.3. The smallest absolute Gasteiger partial charge is 0.306 e. The predicted octanol–water partition coefficient (Wildman–Crippen LogP) is 4.73. The molecule has 120 valence electrons. The van der Waals surface area contributed by atoms with Gasteiger partial charge >= 0.3 is 5.97 Å². The van der Waals surface area contributed by atoms with Gasteiger partial charge in [0.15, 0.2) is 0 Å². The van der Waals surface area contributed by atoms with Crippen molar-refractivity contribution >= 4 is 5.97 Å². The Morgan fingerprint density at radius 2 is 1.45 bits per heavy atom. The zero-order valence-electron chi connectivity index (χ0n) is 13.8. The van der Waals surface area contributed by atoms with E-state index in [-0.39, 0.29) is 5.97 Å². The number of unbranched alkanes of at least 4 members (excludes halogenated alkanes) is 7. The van der Waals surface area contributed by atoms with Gasteiger partial charge < -0.3 is 9.47 Å². The van der Waals surface area contributed by atoms with E-state index in [1.165, 1.54) is 44.9 Å². The summed E-state index contributed by atoms with van der Waals surface area (Å²) in [5, 5.41) is 0. The van der Waals surface area contributed by atoms with Gasteiger partial charge in [0.25, 0.3) is 0 Å². The lowest BCUT2D eigenvalue weighted by Gasteiger charge is -2.07. The van der Waals surface area contributed by atoms with Gasteiger partial charge in [-0.1, -0.05) is 65.7 Å². The molecular weight excluding hydrogens is 252 g/mol. The third-order valence-electron chi connectivity index (χ3n) is 3.21. The second-order valence-electron chi connectivity index (χ2n) is 5.91. The van der Waals surface area contributed by atoms with Crippen LogP contribution in [0.1, 0.15) is 78.6 Å². The number of carbonyl (C=O) groups excluding carboxylic acids is 1. The van der Waals surface area contributed by atoms with Crippen LogP contribution in [0.4, 0.5) is 0 Å². The van der Waals surface area contributed by atoms with Crippen molar-refractivity contribution in [3.05, 3.63) is 0 Å². The summed E-state index contributed by atoms with van der Waals surface area (Å²) in [6, 6.07) is 0. The van der Waals surface area contributed by atoms with Crippen LogP contribution in [0.2, 0.25) is 0 Å². The van der Waals surface area contributed by atoms with Crippen LogP contribution in [0, 0.1) is 5.92 Å². The minimum atomic E-state index is -0.115. The monoisotopic (exact) mass is 286 g/mol. The Morgan fingerprint density at radius 1 is 0.850 bits per heavy atom. The van der Waals surface area contributed by atoms with Crippen molar-refractivity contribution in [1.82, 2.24) is 0 Å². The van der Waals surface area contributed by atoms with E-state index in [1.54, 1.807) is 0 Å². The van der Waals surface area contributed by atoms with Crippen molar-refractivity contribution in [2.45, 2.75) is 78.6 Å². The number of rotatable bonds is 14. The number of carbonyl (C=O) groups is 1. The van der Waals surface area contributed by atoms with E-state index in [2.05, 4.69) is 6.92 Å². The van der Waals surface area contributed by atoms with Crippen molar-refractivity contribution in [1.29, 1.82) is 0 Å². The van der Waals surface area contributed by atoms with Gasteiger partial charge in [0.05, 0.1) is 6.61 Å². The van der Waals surface area contributed by atoms with Gasteiger partial charge in [-0.3, -0.25) is 4.79 Å². The number of esters is 1. The third-order valence-corrected chi connectivity index (χ3v) is 3.21. The molecule has 0 aromatic rings. The minimum absolute atomic E-state index is 0.115. The first-order valence-electron chi connectivity index (χ1n) is 8.40. The van der Waals surface area contributed by atoms with Crippen molar-refractivity contribution in [3.63, 3.8) is 0 Å². The zero-order valence-corrected chi connectivity index (χ0v) is 13.8. The number of ether oxygens (including phenoxy) is 2. The Morgan fingerprint density at radius 3 is 2.05 bits per heavy atom. The summed E-state index contributed by atoms with van der Waals surface area (Å²) in [5.74, 6) is 0.247. The molecule has 0 aliphatic rings. The maximum absolute atomic E-state index is 11.3. The van der Waals surface area contributed by atoms with E-state index >= 15 is 0 Å². The summed E-state index contributed by atoms with van der Waals surface area (Å²) < 4.78 is 10.5. The molecule has 3 heteroatoms. The molecule has 0 heterocycles. The maximum atomic E-state index is 11.3. The molecule has 0 unspecified atom stereocenters. The Labute approximate surface area is 125 Å². The highest BCUT2D eigenvalue weighted by Crippen LogP contribution is 2.08. The molecule has 20 heavy (non-hydrogen) atoms. The van der Waals surface area contributed by atoms with Gasteiger partial charge in [0, 0.05) is 13.0 Å². The standard InChI is InChI=1S/C17H34O3/c1-4-5-6-7-8-9-10-11-12-19-13-14-20-17(18)15-16(2)3/h16H,4-15H2,1-3H3. The van der Waals surface area contributed by atoms with Gasteiger partial charge in [0.1, 0.15) is 6.61 Å². The Kier molecular flexibility index (Phi) is 14.4. The molecular formula is C17H34O3. The van der Waals surface area contributed by atoms with Crippen LogP contribution in [0.15, 0.2) is 0 Å². The molecule has 0 atom stereocenters. The average molecular weight is 286 g/mol. The molecule has 0 spiro atoms. The van der Waals surface area contributed by atoms with E-state index in [9.17, 15) is 4.79 Å². The fourth-order valence-electron chi connectivity index (χ4n) is 2.05. The molecule has 0 aliphatic carbocycles. The molecule has 0 radical (unpaired) electrons. The Hall–Kier alpha value is -0.570. The largest absolute Gasteiger partial charge is 0.463 e. The normalized spacial score (nSPS) is 11.0. The average Bonchev–Trinajstić information content (AvgIpc) is 2.39. The molecule has 3 nitrogen and oxygen atoms in total. The zero-order chi connectivity index (χ0) is 15.1. The number of hydrogen-bond donors (Lipinski definition) is 0. The van der Waals surface area contributed by atoms with Crippen molar-refractivity contribution < 1.29 is 14.3 Å². The maximum Gasteiger partial charge on any atom is 0.306 e. The van der Waals surface area contributed by atoms with Gasteiger partial charge in [-0.25, -0.2) is 0 Å². The SMILES string of the molecule is CCCCCCCCCCOCCOC(=O)CC(C)C. The highest BCUT2D eigenvalue weighted by molar-refractivity contribution is 5.69. The summed E-state index contributed by atoms with van der Waals surface area (Å²) in [6.45, 7) is 7.98. The fraction of sp³-hybridized carbons (Fsp3) is 0.941. The highest BCUT2D eigenvalue weighted by Gasteiger charge is 2.05. The summed E-state index contributed by atoms with van der Waals surface area (Å²) >= 11 is 0. The molecule has 0 aromatic heterocycles. The molecule has 0 aliphatic heterocycles. The topological polar surface area (TPSA) is 35.5 Å². The number of hydrogen-bond acceptors (Lipinski definition) is 3. The second kappa shape index (κ2) is 14.8. The van der Waals surface area contributed by atoms with Crippen LogP contribution in [0.3, 0.4) is 0 Å². The molecule has 0 fully saturated rings. The Bertz CT molecular complexity index is 214. The lowest BCUT2D eigenvalue weighted by molar-refractivity contribution is -0.146. The first-order chi connectivity index (χ1) is 9.66. The van der Waals surface area contributed by atoms with E-state index < -0.39 is 0 Å². The van der Waals surface area contributed by atoms with Gasteiger partial charge in [-0.05, 0) is 12.3 Å². The van der Waals surface area contributed by atoms with Gasteiger partial charge in [0.2, 0.25) is 0 Å². The molecule has 0 amide bonds. The first-order valence-corrected chi connectivity index (χ1v) is 8.40. The quantitative estimate of drug-likeness (QED) is 0.342. The van der Waals surface area contributed by atoms with Crippen LogP contribution in [0.25, 0.3) is 0 Å². The molecule has 0 rings (SSSR count). The summed E-state index contributed by atoms with van der Waals surface area (Å²) in [6.07, 6.45) is 11.0. The van der Waals surface area contributed by atoms with Crippen LogP contribution >= 0.6 is 0 Å². The highest BCUT2D eigenvalue weighted by atomic mass is 16.6. The van der Waals surface area contributed by atoms with E-state index in [1.807, 2.05) is 13.8 Å². The lowest BCUT2D eigenvalue weighted by atomic mass is 10.1. The van der Waals surface area contributed by atoms with Gasteiger partial charge in [-0.2, -0.15) is 0 Å². The second-order valence-corrected chi connectivity index (χ2v) is 5.91. The molecule has 0 bridgehead atoms. The summed E-state index contributed by atoms with van der Waals surface area (Å²) in [7, 11) is 0. The van der Waals surface area contributed by atoms with E-state index in [4.69, 9.17) is 9.47 Å². The molecule has 0 saturated heterocycles. The minimum Gasteiger partial charge on any atom is -0.463 e. The van der Waals surface area contributed by atoms with Gasteiger partial charge in [-0.15, -0.1) is 0 Å². The van der Waals surface area contributed by atoms with Crippen molar-refractivity contribution in [2.24, 2.45) is 5.92 Å². The molecule has 0 aromatic carbocycles. The summed E-state index contributed by atoms with van der Waals surface area (Å²) in [5.41, 5.74) is 0. The fourth-order valence-corrected chi connectivity index (χ4v) is 2.05. The predicted molar refractivity (Wildman–Crippen MR) is 83.8 cm³/mol. The molecule has 0 N–H and O–H groups in total. The van der Waals surface area contributed by atoms with Crippen molar-refractivity contribution in [3.8, 4) is 0 Å². The van der Waals surface area contributed by atoms with Crippen LogP contribution in [-0.2, 0) is 14.3 Å². The molecule has 0 saturated carbocycles. The van der Waals surface area contributed by atoms with Crippen LogP contribution in [0.5, 0.6) is 0 Å². The Balaban J connectivity index is 3.08. The lowest BCUT2D eigenvalue weighted by Crippen LogP contribution is -2.12. The van der Waals surface area contributed by atoms with E-state index in [0.717, 1.165) is 13.0 Å². The van der Waals surface area contributed by atoms with E-state index in [0.29, 0.717) is 25.6 Å². The van der Waals surface area contributed by atoms with Crippen LogP contribution in [-0.4, -0.2) is 25.8 Å². The van der Waals surface area contributed by atoms with Crippen molar-refractivity contribution in [2.75, 3.05) is 19.8 Å². The third kappa shape index (κ3) is 15.5. The first kappa shape index (κ1) is 19.4. The van der Waals surface area contributed by atoms with Crippen LogP contribution < -0.4 is 0 Å².